The normalized spacial score (nSPS) is 9.35. The number of carbonyl (C=O) groups is 1. The van der Waals surface area contributed by atoms with Crippen molar-refractivity contribution in [2.45, 2.75) is 0 Å². The highest BCUT2D eigenvalue weighted by Gasteiger charge is 2.03. The number of amides is 1. The minimum atomic E-state index is -0.450. The zero-order valence-electron chi connectivity index (χ0n) is 13.8. The van der Waals surface area contributed by atoms with Crippen LogP contribution in [0.1, 0.15) is 10.4 Å². The first-order valence-corrected chi connectivity index (χ1v) is 7.61. The van der Waals surface area contributed by atoms with Gasteiger partial charge in [-0.1, -0.05) is 18.2 Å². The summed E-state index contributed by atoms with van der Waals surface area (Å²) in [7, 11) is 0. The highest BCUT2D eigenvalue weighted by atomic mass is 16.1. The van der Waals surface area contributed by atoms with Crippen molar-refractivity contribution < 1.29 is 4.79 Å². The van der Waals surface area contributed by atoms with Crippen molar-refractivity contribution in [3.63, 3.8) is 0 Å². The van der Waals surface area contributed by atoms with Gasteiger partial charge in [-0.25, -0.2) is 15.0 Å². The smallest absolute Gasteiger partial charge is 0.248 e. The van der Waals surface area contributed by atoms with Gasteiger partial charge >= 0.3 is 0 Å². The van der Waals surface area contributed by atoms with Crippen LogP contribution in [0.3, 0.4) is 0 Å². The van der Waals surface area contributed by atoms with Crippen molar-refractivity contribution in [1.82, 2.24) is 15.0 Å². The van der Waals surface area contributed by atoms with Gasteiger partial charge in [0.25, 0.3) is 0 Å². The molecule has 26 heavy (non-hydrogen) atoms. The molecule has 0 bridgehead atoms. The first-order chi connectivity index (χ1) is 12.6. The second kappa shape index (κ2) is 9.34. The fourth-order valence-corrected chi connectivity index (χ4v) is 1.94. The number of nitrogen functional groups attached to an aromatic ring is 1. The Morgan fingerprint density at radius 1 is 1.08 bits per heavy atom. The molecule has 3 aromatic rings. The number of benzene rings is 1. The number of rotatable bonds is 4. The predicted octanol–water partition coefficient (Wildman–Crippen LogP) is 1.84. The monoisotopic (exact) mass is 347 g/mol. The minimum absolute atomic E-state index is 0.219. The average molecular weight is 347 g/mol. The fraction of sp³-hybridized carbons (Fsp3) is 0.0556. The number of nitriles is 1. The molecular weight excluding hydrogens is 330 g/mol. The Labute approximate surface area is 150 Å². The van der Waals surface area contributed by atoms with Crippen molar-refractivity contribution in [3.8, 4) is 17.3 Å². The van der Waals surface area contributed by atoms with Gasteiger partial charge in [0.2, 0.25) is 11.9 Å². The summed E-state index contributed by atoms with van der Waals surface area (Å²) in [5, 5.41) is 11.0. The Bertz CT molecular complexity index is 889. The van der Waals surface area contributed by atoms with Crippen LogP contribution in [0, 0.1) is 11.3 Å². The van der Waals surface area contributed by atoms with E-state index in [4.69, 9.17) is 16.7 Å². The summed E-state index contributed by atoms with van der Waals surface area (Å²) in [6, 6.07) is 16.1. The molecule has 2 aromatic heterocycles. The number of hydrogen-bond donors (Lipinski definition) is 3. The van der Waals surface area contributed by atoms with Gasteiger partial charge in [-0.3, -0.25) is 4.79 Å². The van der Waals surface area contributed by atoms with Gasteiger partial charge in [0.05, 0.1) is 11.8 Å². The maximum atomic E-state index is 10.9. The molecule has 0 radical (unpaired) electrons. The molecule has 0 aliphatic heterocycles. The van der Waals surface area contributed by atoms with Gasteiger partial charge in [-0.05, 0) is 30.3 Å². The van der Waals surface area contributed by atoms with E-state index >= 15 is 0 Å². The topological polar surface area (TPSA) is 144 Å². The molecule has 1 aromatic carbocycles. The van der Waals surface area contributed by atoms with E-state index in [1.807, 2.05) is 24.3 Å². The average Bonchev–Trinajstić information content (AvgIpc) is 2.68. The summed E-state index contributed by atoms with van der Waals surface area (Å²) < 4.78 is 0. The SMILES string of the molecule is N#CCNc1ccccn1.NC(=O)c1ccc(-c2ccnc(N)n2)cc1. The fourth-order valence-electron chi connectivity index (χ4n) is 1.94. The van der Waals surface area contributed by atoms with Crippen LogP contribution < -0.4 is 16.8 Å². The van der Waals surface area contributed by atoms with Crippen molar-refractivity contribution >= 4 is 17.7 Å². The zero-order chi connectivity index (χ0) is 18.8. The van der Waals surface area contributed by atoms with Gasteiger partial charge in [0.1, 0.15) is 12.4 Å². The molecule has 0 aliphatic carbocycles. The van der Waals surface area contributed by atoms with Gasteiger partial charge < -0.3 is 16.8 Å². The van der Waals surface area contributed by atoms with Crippen LogP contribution in [-0.4, -0.2) is 27.4 Å². The minimum Gasteiger partial charge on any atom is -0.368 e. The standard InChI is InChI=1S/C11H10N4O.C7H7N3/c12-10(16)8-3-1-7(2-4-8)9-5-6-14-11(13)15-9;8-4-6-10-7-3-1-2-5-9-7/h1-6H,(H2,12,16)(H2,13,14,15);1-3,5H,6H2,(H,9,10). The lowest BCUT2D eigenvalue weighted by molar-refractivity contribution is 0.100. The van der Waals surface area contributed by atoms with Crippen LogP contribution in [0.5, 0.6) is 0 Å². The van der Waals surface area contributed by atoms with Crippen LogP contribution in [0.2, 0.25) is 0 Å². The molecule has 5 N–H and O–H groups in total. The predicted molar refractivity (Wildman–Crippen MR) is 98.7 cm³/mol. The Morgan fingerprint density at radius 2 is 1.85 bits per heavy atom. The van der Waals surface area contributed by atoms with Crippen molar-refractivity contribution in [2.75, 3.05) is 17.6 Å². The Morgan fingerprint density at radius 3 is 2.42 bits per heavy atom. The van der Waals surface area contributed by atoms with Crippen LogP contribution >= 0.6 is 0 Å². The molecule has 0 atom stereocenters. The number of hydrogen-bond acceptors (Lipinski definition) is 7. The van der Waals surface area contributed by atoms with Crippen molar-refractivity contribution in [3.05, 3.63) is 66.5 Å². The summed E-state index contributed by atoms with van der Waals surface area (Å²) >= 11 is 0. The summed E-state index contributed by atoms with van der Waals surface area (Å²) in [6.07, 6.45) is 3.26. The molecule has 3 rings (SSSR count). The summed E-state index contributed by atoms with van der Waals surface area (Å²) in [5.41, 5.74) is 12.7. The molecule has 2 heterocycles. The highest BCUT2D eigenvalue weighted by Crippen LogP contribution is 2.17. The zero-order valence-corrected chi connectivity index (χ0v) is 13.8. The largest absolute Gasteiger partial charge is 0.368 e. The number of carbonyl (C=O) groups excluding carboxylic acids is 1. The molecule has 130 valence electrons. The van der Waals surface area contributed by atoms with E-state index in [1.54, 1.807) is 42.7 Å². The molecule has 1 amide bonds. The molecule has 0 fully saturated rings. The lowest BCUT2D eigenvalue weighted by Gasteiger charge is -2.01. The highest BCUT2D eigenvalue weighted by molar-refractivity contribution is 5.93. The molecular formula is C18H17N7O. The second-order valence-electron chi connectivity index (χ2n) is 4.97. The van der Waals surface area contributed by atoms with E-state index in [-0.39, 0.29) is 5.95 Å². The van der Waals surface area contributed by atoms with E-state index in [9.17, 15) is 4.79 Å². The van der Waals surface area contributed by atoms with E-state index in [2.05, 4.69) is 20.3 Å². The van der Waals surface area contributed by atoms with E-state index in [1.165, 1.54) is 0 Å². The lowest BCUT2D eigenvalue weighted by Crippen LogP contribution is -2.10. The maximum absolute atomic E-state index is 10.9. The molecule has 0 unspecified atom stereocenters. The van der Waals surface area contributed by atoms with Crippen LogP contribution in [-0.2, 0) is 0 Å². The van der Waals surface area contributed by atoms with Crippen LogP contribution in [0.4, 0.5) is 11.8 Å². The molecule has 0 spiro atoms. The maximum Gasteiger partial charge on any atom is 0.248 e. The molecule has 0 saturated heterocycles. The number of primary amides is 1. The number of nitrogens with zero attached hydrogens (tertiary/aromatic N) is 4. The molecule has 0 aliphatic rings. The van der Waals surface area contributed by atoms with Crippen LogP contribution in [0.25, 0.3) is 11.3 Å². The number of aromatic nitrogens is 3. The first kappa shape index (κ1) is 18.4. The summed E-state index contributed by atoms with van der Waals surface area (Å²) in [5.74, 6) is 0.509. The Kier molecular flexibility index (Phi) is 6.59. The number of nitrogens with one attached hydrogen (secondary N) is 1. The van der Waals surface area contributed by atoms with Crippen molar-refractivity contribution in [2.24, 2.45) is 5.73 Å². The molecule has 8 nitrogen and oxygen atoms in total. The Balaban J connectivity index is 0.000000209. The molecule has 8 heteroatoms. The number of anilines is 2. The van der Waals surface area contributed by atoms with E-state index in [0.717, 1.165) is 11.4 Å². The summed E-state index contributed by atoms with van der Waals surface area (Å²) in [4.78, 5) is 22.7. The van der Waals surface area contributed by atoms with Gasteiger partial charge in [-0.15, -0.1) is 0 Å². The lowest BCUT2D eigenvalue weighted by atomic mass is 10.1. The third kappa shape index (κ3) is 5.58. The van der Waals surface area contributed by atoms with Crippen molar-refractivity contribution in [1.29, 1.82) is 5.26 Å². The van der Waals surface area contributed by atoms with Crippen LogP contribution in [0.15, 0.2) is 60.9 Å². The molecule has 0 saturated carbocycles. The summed E-state index contributed by atoms with van der Waals surface area (Å²) in [6.45, 7) is 0.303. The quantitative estimate of drug-likeness (QED) is 0.611. The Hall–Kier alpha value is -3.99. The first-order valence-electron chi connectivity index (χ1n) is 7.61. The number of nitrogens with two attached hydrogens (primary N) is 2. The third-order valence-corrected chi connectivity index (χ3v) is 3.15. The van der Waals surface area contributed by atoms with Gasteiger partial charge in [-0.2, -0.15) is 5.26 Å². The van der Waals surface area contributed by atoms with E-state index in [0.29, 0.717) is 17.8 Å². The third-order valence-electron chi connectivity index (χ3n) is 3.15. The van der Waals surface area contributed by atoms with Gasteiger partial charge in [0.15, 0.2) is 0 Å². The second-order valence-corrected chi connectivity index (χ2v) is 4.97. The van der Waals surface area contributed by atoms with E-state index < -0.39 is 5.91 Å². The number of pyridine rings is 1. The van der Waals surface area contributed by atoms with Gasteiger partial charge in [0, 0.05) is 23.5 Å².